The lowest BCUT2D eigenvalue weighted by molar-refractivity contribution is 0.0929. The van der Waals surface area contributed by atoms with E-state index in [4.69, 9.17) is 9.47 Å². The molecule has 3 aromatic rings. The summed E-state index contributed by atoms with van der Waals surface area (Å²) in [6, 6.07) is 15.6. The fourth-order valence-corrected chi connectivity index (χ4v) is 3.81. The second-order valence-corrected chi connectivity index (χ2v) is 7.54. The number of likely N-dealkylation sites (N-methyl/N-ethyl adjacent to an activating group) is 1. The van der Waals surface area contributed by atoms with Crippen molar-refractivity contribution in [1.82, 2.24) is 20.0 Å². The SMILES string of the molecule is CCN(CC)C(CNC(=O)c1ccn(-c2cc(C)ccc2OC)n1)c1cccc(OC)c1. The van der Waals surface area contributed by atoms with E-state index in [1.807, 2.05) is 43.3 Å². The van der Waals surface area contributed by atoms with Crippen LogP contribution in [0.4, 0.5) is 0 Å². The number of hydrogen-bond donors (Lipinski definition) is 1. The number of amides is 1. The predicted molar refractivity (Wildman–Crippen MR) is 126 cm³/mol. The number of nitrogens with one attached hydrogen (secondary N) is 1. The van der Waals surface area contributed by atoms with Crippen molar-refractivity contribution in [2.24, 2.45) is 0 Å². The molecule has 7 heteroatoms. The Morgan fingerprint density at radius 1 is 1.09 bits per heavy atom. The van der Waals surface area contributed by atoms with Crippen LogP contribution in [0.2, 0.25) is 0 Å². The second kappa shape index (κ2) is 10.8. The third-order valence-corrected chi connectivity index (χ3v) is 5.59. The summed E-state index contributed by atoms with van der Waals surface area (Å²) in [6.45, 7) is 8.46. The van der Waals surface area contributed by atoms with Gasteiger partial charge in [0.05, 0.1) is 20.3 Å². The number of hydrogen-bond acceptors (Lipinski definition) is 5. The summed E-state index contributed by atoms with van der Waals surface area (Å²) >= 11 is 0. The molecule has 0 fully saturated rings. The zero-order chi connectivity index (χ0) is 23.1. The van der Waals surface area contributed by atoms with Gasteiger partial charge >= 0.3 is 0 Å². The number of rotatable bonds is 10. The summed E-state index contributed by atoms with van der Waals surface area (Å²) in [7, 11) is 3.28. The van der Waals surface area contributed by atoms with E-state index in [1.54, 1.807) is 31.2 Å². The summed E-state index contributed by atoms with van der Waals surface area (Å²) in [6.07, 6.45) is 1.77. The van der Waals surface area contributed by atoms with Crippen LogP contribution in [0.1, 0.15) is 41.5 Å². The molecule has 1 atom stereocenters. The fourth-order valence-electron chi connectivity index (χ4n) is 3.81. The van der Waals surface area contributed by atoms with Gasteiger partial charge in [-0.1, -0.05) is 32.0 Å². The number of nitrogens with zero attached hydrogens (tertiary/aromatic N) is 3. The maximum absolute atomic E-state index is 12.9. The third kappa shape index (κ3) is 5.29. The molecule has 0 saturated carbocycles. The first-order valence-corrected chi connectivity index (χ1v) is 10.9. The molecule has 0 aliphatic rings. The molecule has 0 spiro atoms. The highest BCUT2D eigenvalue weighted by Gasteiger charge is 2.21. The van der Waals surface area contributed by atoms with Crippen molar-refractivity contribution < 1.29 is 14.3 Å². The number of methoxy groups -OCH3 is 2. The normalized spacial score (nSPS) is 11.9. The van der Waals surface area contributed by atoms with Crippen molar-refractivity contribution in [1.29, 1.82) is 0 Å². The van der Waals surface area contributed by atoms with Crippen molar-refractivity contribution in [3.8, 4) is 17.2 Å². The lowest BCUT2D eigenvalue weighted by atomic mass is 10.0. The van der Waals surface area contributed by atoms with Crippen molar-refractivity contribution in [3.63, 3.8) is 0 Å². The maximum atomic E-state index is 12.9. The Labute approximate surface area is 190 Å². The Morgan fingerprint density at radius 3 is 2.56 bits per heavy atom. The van der Waals surface area contributed by atoms with Crippen molar-refractivity contribution >= 4 is 5.91 Å². The molecular formula is C25H32N4O3. The number of aromatic nitrogens is 2. The first kappa shape index (κ1) is 23.3. The average molecular weight is 437 g/mol. The van der Waals surface area contributed by atoms with Crippen LogP contribution in [-0.2, 0) is 0 Å². The molecule has 0 radical (unpaired) electrons. The summed E-state index contributed by atoms with van der Waals surface area (Å²) in [5.74, 6) is 1.29. The first-order chi connectivity index (χ1) is 15.5. The van der Waals surface area contributed by atoms with Gasteiger partial charge in [-0.2, -0.15) is 5.10 Å². The smallest absolute Gasteiger partial charge is 0.271 e. The number of carbonyl (C=O) groups excluding carboxylic acids is 1. The minimum Gasteiger partial charge on any atom is -0.497 e. The fraction of sp³-hybridized carbons (Fsp3) is 0.360. The standard InChI is InChI=1S/C25H32N4O3/c1-6-28(7-2)23(19-9-8-10-20(16-19)31-4)17-26-25(30)21-13-14-29(27-21)22-15-18(3)11-12-24(22)32-5/h8-16,23H,6-7,17H2,1-5H3,(H,26,30). The molecule has 0 aliphatic carbocycles. The molecule has 0 aliphatic heterocycles. The van der Waals surface area contributed by atoms with Crippen LogP contribution in [0.5, 0.6) is 11.5 Å². The molecule has 1 amide bonds. The van der Waals surface area contributed by atoms with Crippen LogP contribution in [0.25, 0.3) is 5.69 Å². The highest BCUT2D eigenvalue weighted by Crippen LogP contribution is 2.25. The van der Waals surface area contributed by atoms with E-state index < -0.39 is 0 Å². The molecule has 1 heterocycles. The second-order valence-electron chi connectivity index (χ2n) is 7.54. The van der Waals surface area contributed by atoms with Gasteiger partial charge in [-0.05, 0) is 61.5 Å². The average Bonchev–Trinajstić information content (AvgIpc) is 3.32. The number of carbonyl (C=O) groups is 1. The van der Waals surface area contributed by atoms with Crippen LogP contribution in [0.3, 0.4) is 0 Å². The quantitative estimate of drug-likeness (QED) is 0.520. The topological polar surface area (TPSA) is 68.6 Å². The lowest BCUT2D eigenvalue weighted by Gasteiger charge is -2.30. The van der Waals surface area contributed by atoms with Gasteiger partial charge in [0.1, 0.15) is 17.2 Å². The molecule has 2 aromatic carbocycles. The predicted octanol–water partition coefficient (Wildman–Crippen LogP) is 4.01. The number of aryl methyl sites for hydroxylation is 1. The summed E-state index contributed by atoms with van der Waals surface area (Å²) < 4.78 is 12.5. The summed E-state index contributed by atoms with van der Waals surface area (Å²) in [5, 5.41) is 7.54. The maximum Gasteiger partial charge on any atom is 0.271 e. The summed E-state index contributed by atoms with van der Waals surface area (Å²) in [4.78, 5) is 15.2. The van der Waals surface area contributed by atoms with Crippen LogP contribution in [-0.4, -0.2) is 54.4 Å². The lowest BCUT2D eigenvalue weighted by Crippen LogP contribution is -2.38. The third-order valence-electron chi connectivity index (χ3n) is 5.59. The Balaban J connectivity index is 1.78. The molecule has 3 rings (SSSR count). The molecule has 1 unspecified atom stereocenters. The van der Waals surface area contributed by atoms with Gasteiger partial charge in [-0.15, -0.1) is 0 Å². The van der Waals surface area contributed by atoms with Crippen molar-refractivity contribution in [2.75, 3.05) is 33.9 Å². The molecule has 1 N–H and O–H groups in total. The van der Waals surface area contributed by atoms with E-state index in [0.29, 0.717) is 18.0 Å². The van der Waals surface area contributed by atoms with E-state index in [0.717, 1.165) is 35.7 Å². The minimum atomic E-state index is -0.213. The van der Waals surface area contributed by atoms with Crippen LogP contribution < -0.4 is 14.8 Å². The molecule has 0 bridgehead atoms. The minimum absolute atomic E-state index is 0.0306. The van der Waals surface area contributed by atoms with Gasteiger partial charge in [0.15, 0.2) is 5.69 Å². The Bertz CT molecular complexity index is 1040. The van der Waals surface area contributed by atoms with Crippen LogP contribution >= 0.6 is 0 Å². The van der Waals surface area contributed by atoms with Gasteiger partial charge in [-0.25, -0.2) is 4.68 Å². The molecule has 7 nitrogen and oxygen atoms in total. The van der Waals surface area contributed by atoms with E-state index in [-0.39, 0.29) is 11.9 Å². The molecular weight excluding hydrogens is 404 g/mol. The van der Waals surface area contributed by atoms with Crippen LogP contribution in [0.15, 0.2) is 54.7 Å². The van der Waals surface area contributed by atoms with Crippen molar-refractivity contribution in [3.05, 3.63) is 71.5 Å². The van der Waals surface area contributed by atoms with Gasteiger partial charge in [-0.3, -0.25) is 9.69 Å². The summed E-state index contributed by atoms with van der Waals surface area (Å²) in [5.41, 5.74) is 3.34. The van der Waals surface area contributed by atoms with Gasteiger partial charge in [0, 0.05) is 12.7 Å². The van der Waals surface area contributed by atoms with E-state index in [9.17, 15) is 4.79 Å². The molecule has 170 valence electrons. The highest BCUT2D eigenvalue weighted by molar-refractivity contribution is 5.92. The van der Waals surface area contributed by atoms with Gasteiger partial charge in [0.2, 0.25) is 0 Å². The first-order valence-electron chi connectivity index (χ1n) is 10.9. The number of ether oxygens (including phenoxy) is 2. The van der Waals surface area contributed by atoms with E-state index in [2.05, 4.69) is 35.2 Å². The number of benzene rings is 2. The molecule has 1 aromatic heterocycles. The Kier molecular flexibility index (Phi) is 7.89. The zero-order valence-corrected chi connectivity index (χ0v) is 19.5. The van der Waals surface area contributed by atoms with Gasteiger partial charge < -0.3 is 14.8 Å². The molecule has 32 heavy (non-hydrogen) atoms. The van der Waals surface area contributed by atoms with Crippen LogP contribution in [0, 0.1) is 6.92 Å². The van der Waals surface area contributed by atoms with Crippen molar-refractivity contribution in [2.45, 2.75) is 26.8 Å². The Morgan fingerprint density at radius 2 is 1.88 bits per heavy atom. The zero-order valence-electron chi connectivity index (χ0n) is 19.5. The molecule has 0 saturated heterocycles. The van der Waals surface area contributed by atoms with E-state index >= 15 is 0 Å². The largest absolute Gasteiger partial charge is 0.497 e. The van der Waals surface area contributed by atoms with E-state index in [1.165, 1.54) is 0 Å². The monoisotopic (exact) mass is 436 g/mol. The van der Waals surface area contributed by atoms with Gasteiger partial charge in [0.25, 0.3) is 5.91 Å². The Hall–Kier alpha value is -3.32. The highest BCUT2D eigenvalue weighted by atomic mass is 16.5.